The van der Waals surface area contributed by atoms with Crippen LogP contribution in [-0.2, 0) is 9.53 Å². The van der Waals surface area contributed by atoms with Gasteiger partial charge in [-0.1, -0.05) is 38.8 Å². The Morgan fingerprint density at radius 1 is 1.70 bits per heavy atom. The van der Waals surface area contributed by atoms with E-state index in [1.54, 1.807) is 6.92 Å². The van der Waals surface area contributed by atoms with E-state index in [0.717, 1.165) is 5.33 Å². The van der Waals surface area contributed by atoms with Crippen LogP contribution in [0.25, 0.3) is 0 Å². The number of carbonyl (C=O) groups is 1. The summed E-state index contributed by atoms with van der Waals surface area (Å²) in [6.07, 6.45) is 0.446. The summed E-state index contributed by atoms with van der Waals surface area (Å²) in [5.74, 6) is -0.148. The number of halogens is 2. The molecule has 0 saturated heterocycles. The minimum atomic E-state index is -0.148. The van der Waals surface area contributed by atoms with E-state index in [-0.39, 0.29) is 10.8 Å². The first-order chi connectivity index (χ1) is 4.70. The van der Waals surface area contributed by atoms with Gasteiger partial charge in [-0.2, -0.15) is 0 Å². The maximum atomic E-state index is 10.6. The summed E-state index contributed by atoms with van der Waals surface area (Å²) >= 11 is 6.56. The molecule has 0 radical (unpaired) electrons. The standard InChI is InChI=1S/C6H10Br2O2/c1-2-6(9)10-4-5(8)3-7/h5H,2-4H2,1H3. The molecule has 0 bridgehead atoms. The molecule has 60 valence electrons. The minimum absolute atomic E-state index is 0.148. The van der Waals surface area contributed by atoms with E-state index < -0.39 is 0 Å². The van der Waals surface area contributed by atoms with Gasteiger partial charge in [0.25, 0.3) is 0 Å². The van der Waals surface area contributed by atoms with Gasteiger partial charge in [0.2, 0.25) is 0 Å². The largest absolute Gasteiger partial charge is 0.464 e. The van der Waals surface area contributed by atoms with Crippen molar-refractivity contribution in [2.24, 2.45) is 0 Å². The Labute approximate surface area is 77.6 Å². The van der Waals surface area contributed by atoms with E-state index in [1.807, 2.05) is 0 Å². The second kappa shape index (κ2) is 6.16. The van der Waals surface area contributed by atoms with Crippen LogP contribution < -0.4 is 0 Å². The van der Waals surface area contributed by atoms with E-state index in [4.69, 9.17) is 4.74 Å². The van der Waals surface area contributed by atoms with Crippen LogP contribution in [0.4, 0.5) is 0 Å². The highest BCUT2D eigenvalue weighted by molar-refractivity contribution is 9.12. The molecule has 0 fully saturated rings. The molecule has 0 spiro atoms. The highest BCUT2D eigenvalue weighted by Crippen LogP contribution is 2.03. The Morgan fingerprint density at radius 2 is 2.30 bits per heavy atom. The van der Waals surface area contributed by atoms with Gasteiger partial charge in [-0.25, -0.2) is 0 Å². The first kappa shape index (κ1) is 10.4. The van der Waals surface area contributed by atoms with Gasteiger partial charge >= 0.3 is 5.97 Å². The number of alkyl halides is 2. The molecule has 0 heterocycles. The summed E-state index contributed by atoms with van der Waals surface area (Å²) in [5, 5.41) is 0.796. The highest BCUT2D eigenvalue weighted by atomic mass is 79.9. The molecule has 0 saturated carbocycles. The molecule has 0 aromatic rings. The van der Waals surface area contributed by atoms with Gasteiger partial charge in [-0.15, -0.1) is 0 Å². The summed E-state index contributed by atoms with van der Waals surface area (Å²) in [4.78, 5) is 10.8. The van der Waals surface area contributed by atoms with Crippen molar-refractivity contribution in [1.82, 2.24) is 0 Å². The van der Waals surface area contributed by atoms with E-state index in [9.17, 15) is 4.79 Å². The van der Waals surface area contributed by atoms with Gasteiger partial charge in [-0.3, -0.25) is 4.79 Å². The third-order valence-corrected chi connectivity index (χ3v) is 3.12. The van der Waals surface area contributed by atoms with Crippen LogP contribution in [-0.4, -0.2) is 22.7 Å². The molecule has 0 N–H and O–H groups in total. The molecular formula is C6H10Br2O2. The summed E-state index contributed by atoms with van der Waals surface area (Å²) in [5.41, 5.74) is 0. The molecule has 0 aromatic carbocycles. The van der Waals surface area contributed by atoms with Crippen molar-refractivity contribution in [3.05, 3.63) is 0 Å². The number of carbonyl (C=O) groups excluding carboxylic acids is 1. The number of ether oxygens (including phenoxy) is 1. The van der Waals surface area contributed by atoms with Gasteiger partial charge in [0.15, 0.2) is 0 Å². The average molecular weight is 274 g/mol. The lowest BCUT2D eigenvalue weighted by molar-refractivity contribution is -0.143. The summed E-state index contributed by atoms with van der Waals surface area (Å²) in [6.45, 7) is 2.22. The predicted octanol–water partition coefficient (Wildman–Crippen LogP) is 2.10. The topological polar surface area (TPSA) is 26.3 Å². The average Bonchev–Trinajstić information content (AvgIpc) is 1.99. The first-order valence-corrected chi connectivity index (χ1v) is 5.10. The van der Waals surface area contributed by atoms with Gasteiger partial charge in [0.05, 0.1) is 4.83 Å². The SMILES string of the molecule is CCC(=O)OCC(Br)CBr. The maximum Gasteiger partial charge on any atom is 0.305 e. The maximum absolute atomic E-state index is 10.6. The van der Waals surface area contributed by atoms with Crippen molar-refractivity contribution in [3.8, 4) is 0 Å². The second-order valence-corrected chi connectivity index (χ2v) is 3.73. The molecule has 0 aliphatic heterocycles. The zero-order valence-corrected chi connectivity index (χ0v) is 8.94. The summed E-state index contributed by atoms with van der Waals surface area (Å²) in [6, 6.07) is 0. The van der Waals surface area contributed by atoms with Gasteiger partial charge in [0, 0.05) is 11.8 Å². The van der Waals surface area contributed by atoms with Crippen LogP contribution in [0, 0.1) is 0 Å². The lowest BCUT2D eigenvalue weighted by Gasteiger charge is -2.05. The smallest absolute Gasteiger partial charge is 0.305 e. The molecule has 2 nitrogen and oxygen atoms in total. The Hall–Kier alpha value is 0.430. The first-order valence-electron chi connectivity index (χ1n) is 3.06. The Balaban J connectivity index is 3.26. The van der Waals surface area contributed by atoms with Crippen LogP contribution in [0.2, 0.25) is 0 Å². The summed E-state index contributed by atoms with van der Waals surface area (Å²) < 4.78 is 4.83. The highest BCUT2D eigenvalue weighted by Gasteiger charge is 2.04. The van der Waals surface area contributed by atoms with E-state index in [2.05, 4.69) is 31.9 Å². The fourth-order valence-corrected chi connectivity index (χ4v) is 0.649. The Kier molecular flexibility index (Phi) is 6.43. The molecular weight excluding hydrogens is 264 g/mol. The molecule has 1 atom stereocenters. The van der Waals surface area contributed by atoms with Gasteiger partial charge in [-0.05, 0) is 0 Å². The van der Waals surface area contributed by atoms with E-state index in [0.29, 0.717) is 13.0 Å². The van der Waals surface area contributed by atoms with Crippen molar-refractivity contribution in [1.29, 1.82) is 0 Å². The van der Waals surface area contributed by atoms with Crippen LogP contribution in [0.1, 0.15) is 13.3 Å². The Morgan fingerprint density at radius 3 is 2.70 bits per heavy atom. The van der Waals surface area contributed by atoms with Crippen LogP contribution >= 0.6 is 31.9 Å². The fraction of sp³-hybridized carbons (Fsp3) is 0.833. The van der Waals surface area contributed by atoms with Crippen molar-refractivity contribution in [2.75, 3.05) is 11.9 Å². The molecule has 0 aliphatic carbocycles. The van der Waals surface area contributed by atoms with Crippen molar-refractivity contribution < 1.29 is 9.53 Å². The van der Waals surface area contributed by atoms with E-state index in [1.165, 1.54) is 0 Å². The third-order valence-electron chi connectivity index (χ3n) is 0.881. The quantitative estimate of drug-likeness (QED) is 0.579. The lowest BCUT2D eigenvalue weighted by Crippen LogP contribution is -2.13. The van der Waals surface area contributed by atoms with E-state index >= 15 is 0 Å². The van der Waals surface area contributed by atoms with Gasteiger partial charge in [0.1, 0.15) is 6.61 Å². The zero-order chi connectivity index (χ0) is 7.98. The fourth-order valence-electron chi connectivity index (χ4n) is 0.330. The Bertz CT molecular complexity index is 106. The minimum Gasteiger partial charge on any atom is -0.464 e. The normalized spacial score (nSPS) is 12.7. The van der Waals surface area contributed by atoms with Crippen LogP contribution in [0.5, 0.6) is 0 Å². The number of rotatable bonds is 4. The van der Waals surface area contributed by atoms with Crippen molar-refractivity contribution in [3.63, 3.8) is 0 Å². The second-order valence-electron chi connectivity index (χ2n) is 1.79. The predicted molar refractivity (Wildman–Crippen MR) is 47.8 cm³/mol. The monoisotopic (exact) mass is 272 g/mol. The number of esters is 1. The molecule has 0 aromatic heterocycles. The molecule has 4 heteroatoms. The zero-order valence-electron chi connectivity index (χ0n) is 5.77. The van der Waals surface area contributed by atoms with Gasteiger partial charge < -0.3 is 4.74 Å². The van der Waals surface area contributed by atoms with Crippen molar-refractivity contribution in [2.45, 2.75) is 18.2 Å². The molecule has 1 unspecified atom stereocenters. The molecule has 0 aliphatic rings. The third kappa shape index (κ3) is 5.23. The number of hydrogen-bond acceptors (Lipinski definition) is 2. The van der Waals surface area contributed by atoms with Crippen molar-refractivity contribution >= 4 is 37.8 Å². The molecule has 10 heavy (non-hydrogen) atoms. The summed E-state index contributed by atoms with van der Waals surface area (Å²) in [7, 11) is 0. The van der Waals surface area contributed by atoms with Crippen LogP contribution in [0.15, 0.2) is 0 Å². The lowest BCUT2D eigenvalue weighted by atomic mass is 10.5. The molecule has 0 amide bonds. The number of hydrogen-bond donors (Lipinski definition) is 0. The van der Waals surface area contributed by atoms with Crippen LogP contribution in [0.3, 0.4) is 0 Å². The molecule has 0 rings (SSSR count).